The summed E-state index contributed by atoms with van der Waals surface area (Å²) in [6.45, 7) is 5.27. The Morgan fingerprint density at radius 1 is 0.914 bits per heavy atom. The Hall–Kier alpha value is -3.18. The number of benzene rings is 3. The molecule has 0 saturated carbocycles. The lowest BCUT2D eigenvalue weighted by Gasteiger charge is -2.36. The van der Waals surface area contributed by atoms with Crippen LogP contribution in [-0.2, 0) is 6.42 Å². The highest BCUT2D eigenvalue weighted by atomic mass is 79.9. The van der Waals surface area contributed by atoms with Gasteiger partial charge in [0.25, 0.3) is 5.91 Å². The van der Waals surface area contributed by atoms with Crippen LogP contribution < -0.4 is 4.90 Å². The molecule has 4 nitrogen and oxygen atoms in total. The zero-order chi connectivity index (χ0) is 24.2. The Balaban J connectivity index is 1.43. The first-order chi connectivity index (χ1) is 17.1. The van der Waals surface area contributed by atoms with Crippen LogP contribution in [-0.4, -0.2) is 42.0 Å². The highest BCUT2D eigenvalue weighted by Crippen LogP contribution is 2.29. The van der Waals surface area contributed by atoms with Gasteiger partial charge in [0, 0.05) is 47.3 Å². The van der Waals surface area contributed by atoms with Crippen molar-refractivity contribution in [3.8, 4) is 11.3 Å². The van der Waals surface area contributed by atoms with E-state index in [-0.39, 0.29) is 5.91 Å². The fraction of sp³-hybridized carbons (Fsp3) is 0.267. The van der Waals surface area contributed by atoms with Crippen molar-refractivity contribution in [2.75, 3.05) is 31.1 Å². The molecule has 1 saturated heterocycles. The number of aromatic nitrogens is 1. The van der Waals surface area contributed by atoms with Gasteiger partial charge in [0.15, 0.2) is 0 Å². The van der Waals surface area contributed by atoms with Gasteiger partial charge in [0.1, 0.15) is 0 Å². The molecule has 1 fully saturated rings. The molecule has 35 heavy (non-hydrogen) atoms. The molecule has 0 bridgehead atoms. The van der Waals surface area contributed by atoms with Crippen LogP contribution in [0.5, 0.6) is 0 Å². The van der Waals surface area contributed by atoms with Crippen molar-refractivity contribution in [3.63, 3.8) is 0 Å². The largest absolute Gasteiger partial charge is 0.368 e. The van der Waals surface area contributed by atoms with Crippen molar-refractivity contribution in [2.24, 2.45) is 0 Å². The fourth-order valence-electron chi connectivity index (χ4n) is 4.72. The Labute approximate surface area is 215 Å². The van der Waals surface area contributed by atoms with Gasteiger partial charge >= 0.3 is 0 Å². The number of piperazine rings is 1. The Bertz CT molecular complexity index is 1310. The summed E-state index contributed by atoms with van der Waals surface area (Å²) in [5.74, 6) is 0.0732. The predicted octanol–water partition coefficient (Wildman–Crippen LogP) is 6.97. The molecular weight excluding hydrogens is 498 g/mol. The monoisotopic (exact) mass is 527 g/mol. The third kappa shape index (κ3) is 5.25. The number of unbranched alkanes of at least 4 members (excludes halogenated alkanes) is 1. The van der Waals surface area contributed by atoms with E-state index >= 15 is 0 Å². The molecular formula is C30H30BrN3O. The molecule has 0 radical (unpaired) electrons. The van der Waals surface area contributed by atoms with Gasteiger partial charge in [-0.3, -0.25) is 4.79 Å². The summed E-state index contributed by atoms with van der Waals surface area (Å²) in [6.07, 6.45) is 3.47. The molecule has 178 valence electrons. The number of pyridine rings is 1. The van der Waals surface area contributed by atoms with E-state index in [1.807, 2.05) is 35.2 Å². The number of amides is 1. The van der Waals surface area contributed by atoms with Crippen molar-refractivity contribution >= 4 is 38.4 Å². The van der Waals surface area contributed by atoms with Crippen LogP contribution in [0.4, 0.5) is 5.69 Å². The van der Waals surface area contributed by atoms with Crippen LogP contribution in [0.15, 0.2) is 83.3 Å². The van der Waals surface area contributed by atoms with Gasteiger partial charge in [0.05, 0.1) is 16.8 Å². The van der Waals surface area contributed by atoms with E-state index in [0.717, 1.165) is 51.7 Å². The summed E-state index contributed by atoms with van der Waals surface area (Å²) < 4.78 is 0.947. The zero-order valence-corrected chi connectivity index (χ0v) is 21.7. The van der Waals surface area contributed by atoms with Gasteiger partial charge in [-0.1, -0.05) is 71.7 Å². The molecule has 0 atom stereocenters. The number of para-hydroxylation sites is 1. The van der Waals surface area contributed by atoms with Crippen LogP contribution in [0.25, 0.3) is 22.2 Å². The number of carbonyl (C=O) groups is 1. The SMILES string of the molecule is CCCCc1ccc(-c2cc(C(=O)N3CCN(c4ccccc4)CC3)c3cc(Br)ccc3n2)cc1. The summed E-state index contributed by atoms with van der Waals surface area (Å²) in [5, 5.41) is 0.887. The van der Waals surface area contributed by atoms with Crippen molar-refractivity contribution < 1.29 is 4.79 Å². The molecule has 0 N–H and O–H groups in total. The second-order valence-electron chi connectivity index (χ2n) is 9.13. The van der Waals surface area contributed by atoms with Crippen molar-refractivity contribution in [1.29, 1.82) is 0 Å². The fourth-order valence-corrected chi connectivity index (χ4v) is 5.08. The van der Waals surface area contributed by atoms with Gasteiger partial charge < -0.3 is 9.80 Å². The molecule has 5 rings (SSSR count). The molecule has 5 heteroatoms. The van der Waals surface area contributed by atoms with Gasteiger partial charge in [-0.05, 0) is 54.8 Å². The first-order valence-electron chi connectivity index (χ1n) is 12.4. The minimum atomic E-state index is 0.0732. The summed E-state index contributed by atoms with van der Waals surface area (Å²) in [4.78, 5) is 23.0. The van der Waals surface area contributed by atoms with E-state index < -0.39 is 0 Å². The Kier molecular flexibility index (Phi) is 7.14. The number of halogens is 1. The molecule has 0 unspecified atom stereocenters. The summed E-state index contributed by atoms with van der Waals surface area (Å²) in [5.41, 5.74) is 5.99. The number of nitrogens with zero attached hydrogens (tertiary/aromatic N) is 3. The first kappa shape index (κ1) is 23.6. The zero-order valence-electron chi connectivity index (χ0n) is 20.1. The summed E-state index contributed by atoms with van der Waals surface area (Å²) in [6, 6.07) is 27.0. The number of carbonyl (C=O) groups excluding carboxylic acids is 1. The lowest BCUT2D eigenvalue weighted by atomic mass is 10.0. The minimum absolute atomic E-state index is 0.0732. The van der Waals surface area contributed by atoms with Crippen molar-refractivity contribution in [1.82, 2.24) is 9.88 Å². The van der Waals surface area contributed by atoms with E-state index in [9.17, 15) is 4.79 Å². The second kappa shape index (κ2) is 10.6. The molecule has 1 aromatic heterocycles. The van der Waals surface area contributed by atoms with Crippen LogP contribution in [0.2, 0.25) is 0 Å². The quantitative estimate of drug-likeness (QED) is 0.271. The highest BCUT2D eigenvalue weighted by molar-refractivity contribution is 9.10. The van der Waals surface area contributed by atoms with E-state index in [2.05, 4.69) is 76.3 Å². The van der Waals surface area contributed by atoms with Crippen LogP contribution in [0.3, 0.4) is 0 Å². The van der Waals surface area contributed by atoms with Crippen LogP contribution in [0, 0.1) is 0 Å². The molecule has 1 aliphatic rings. The smallest absolute Gasteiger partial charge is 0.254 e. The van der Waals surface area contributed by atoms with Gasteiger partial charge in [-0.15, -0.1) is 0 Å². The summed E-state index contributed by atoms with van der Waals surface area (Å²) in [7, 11) is 0. The minimum Gasteiger partial charge on any atom is -0.368 e. The van der Waals surface area contributed by atoms with Crippen LogP contribution >= 0.6 is 15.9 Å². The number of rotatable bonds is 6. The van der Waals surface area contributed by atoms with Crippen molar-refractivity contribution in [2.45, 2.75) is 26.2 Å². The standard InChI is InChI=1S/C30H30BrN3O/c1-2-3-7-22-10-12-23(13-11-22)29-21-27(26-20-24(31)14-15-28(26)32-29)30(35)34-18-16-33(17-19-34)25-8-5-4-6-9-25/h4-6,8-15,20-21H,2-3,7,16-19H2,1H3. The maximum atomic E-state index is 13.8. The molecule has 3 aromatic carbocycles. The average Bonchev–Trinajstić information content (AvgIpc) is 2.92. The lowest BCUT2D eigenvalue weighted by molar-refractivity contribution is 0.0748. The molecule has 4 aromatic rings. The van der Waals surface area contributed by atoms with Crippen LogP contribution in [0.1, 0.15) is 35.7 Å². The molecule has 0 aliphatic carbocycles. The lowest BCUT2D eigenvalue weighted by Crippen LogP contribution is -2.48. The third-order valence-electron chi connectivity index (χ3n) is 6.76. The van der Waals surface area contributed by atoms with Gasteiger partial charge in [-0.2, -0.15) is 0 Å². The highest BCUT2D eigenvalue weighted by Gasteiger charge is 2.24. The molecule has 2 heterocycles. The molecule has 0 spiro atoms. The normalized spacial score (nSPS) is 13.9. The predicted molar refractivity (Wildman–Crippen MR) is 148 cm³/mol. The maximum Gasteiger partial charge on any atom is 0.254 e. The number of anilines is 1. The second-order valence-corrected chi connectivity index (χ2v) is 10.0. The van der Waals surface area contributed by atoms with Crippen molar-refractivity contribution in [3.05, 3.63) is 94.5 Å². The number of hydrogen-bond acceptors (Lipinski definition) is 3. The topological polar surface area (TPSA) is 36.4 Å². The first-order valence-corrected chi connectivity index (χ1v) is 13.2. The summed E-state index contributed by atoms with van der Waals surface area (Å²) >= 11 is 3.58. The van der Waals surface area contributed by atoms with E-state index in [4.69, 9.17) is 4.98 Å². The number of aryl methyl sites for hydroxylation is 1. The van der Waals surface area contributed by atoms with E-state index in [1.165, 1.54) is 24.1 Å². The van der Waals surface area contributed by atoms with E-state index in [0.29, 0.717) is 13.1 Å². The Morgan fingerprint density at radius 2 is 1.66 bits per heavy atom. The number of hydrogen-bond donors (Lipinski definition) is 0. The van der Waals surface area contributed by atoms with Gasteiger partial charge in [-0.25, -0.2) is 4.98 Å². The van der Waals surface area contributed by atoms with E-state index in [1.54, 1.807) is 0 Å². The van der Waals surface area contributed by atoms with Gasteiger partial charge in [0.2, 0.25) is 0 Å². The molecule has 1 aliphatic heterocycles. The number of fused-ring (bicyclic) bond motifs is 1. The maximum absolute atomic E-state index is 13.8. The molecule has 1 amide bonds. The third-order valence-corrected chi connectivity index (χ3v) is 7.25. The Morgan fingerprint density at radius 3 is 2.37 bits per heavy atom. The average molecular weight is 528 g/mol.